The van der Waals surface area contributed by atoms with Gasteiger partial charge in [0.2, 0.25) is 0 Å². The molecule has 190 valence electrons. The Hall–Kier alpha value is -3.35. The quantitative estimate of drug-likeness (QED) is 0.114. The molecule has 0 aliphatic carbocycles. The van der Waals surface area contributed by atoms with Crippen LogP contribution in [0.2, 0.25) is 10.0 Å². The molecule has 5 rings (SSSR count). The van der Waals surface area contributed by atoms with E-state index in [1.54, 1.807) is 23.1 Å². The van der Waals surface area contributed by atoms with Crippen LogP contribution < -0.4 is 0 Å². The van der Waals surface area contributed by atoms with Crippen molar-refractivity contribution in [1.29, 1.82) is 0 Å². The predicted octanol–water partition coefficient (Wildman–Crippen LogP) is 7.70. The van der Waals surface area contributed by atoms with Crippen LogP contribution in [0.25, 0.3) is 21.8 Å². The lowest BCUT2D eigenvalue weighted by atomic mass is 10.0. The lowest BCUT2D eigenvalue weighted by Crippen LogP contribution is -2.35. The number of benzene rings is 3. The minimum atomic E-state index is -0.410. The van der Waals surface area contributed by atoms with Gasteiger partial charge in [0, 0.05) is 57.6 Å². The third-order valence-corrected chi connectivity index (χ3v) is 7.46. The fraction of sp³-hybridized carbons (Fsp3) is 0.276. The molecule has 1 aliphatic heterocycles. The number of fused-ring (bicyclic) bond motifs is 3. The van der Waals surface area contributed by atoms with Crippen LogP contribution in [0.5, 0.6) is 0 Å². The summed E-state index contributed by atoms with van der Waals surface area (Å²) in [4.78, 5) is 32.6. The van der Waals surface area contributed by atoms with Crippen LogP contribution in [0.3, 0.4) is 0 Å². The number of rotatable bonds is 5. The minimum Gasteiger partial charge on any atom is -0.341 e. The first-order valence-corrected chi connectivity index (χ1v) is 13.2. The van der Waals surface area contributed by atoms with Gasteiger partial charge in [-0.05, 0) is 87.2 Å². The molecule has 0 unspecified atom stereocenters. The molecular weight excluding hydrogens is 509 g/mol. The van der Waals surface area contributed by atoms with Crippen LogP contribution in [0.15, 0.2) is 59.8 Å². The Morgan fingerprint density at radius 1 is 0.892 bits per heavy atom. The van der Waals surface area contributed by atoms with Gasteiger partial charge in [0.1, 0.15) is 0 Å². The zero-order valence-electron chi connectivity index (χ0n) is 20.8. The first-order valence-electron chi connectivity index (χ1n) is 12.4. The van der Waals surface area contributed by atoms with Crippen molar-refractivity contribution in [1.82, 2.24) is 9.47 Å². The average molecular weight is 536 g/mol. The number of amides is 1. The van der Waals surface area contributed by atoms with E-state index in [-0.39, 0.29) is 5.78 Å². The molecule has 4 aromatic rings. The highest BCUT2D eigenvalue weighted by atomic mass is 35.5. The van der Waals surface area contributed by atoms with Crippen LogP contribution in [0.4, 0.5) is 4.79 Å². The SMILES string of the molecule is CCn1c2ccc(C(=O)c3ccc(Cl)cc3Cl)cc2c2cc(/C(C)=N/OC(=O)N3CCCCC3)ccc21. The van der Waals surface area contributed by atoms with Crippen molar-refractivity contribution in [3.63, 3.8) is 0 Å². The van der Waals surface area contributed by atoms with Gasteiger partial charge in [0.05, 0.1) is 10.7 Å². The maximum absolute atomic E-state index is 13.3. The molecule has 1 amide bonds. The first-order chi connectivity index (χ1) is 17.9. The van der Waals surface area contributed by atoms with E-state index in [0.717, 1.165) is 53.2 Å². The summed E-state index contributed by atoms with van der Waals surface area (Å²) in [7, 11) is 0. The van der Waals surface area contributed by atoms with Crippen LogP contribution in [0, 0.1) is 0 Å². The van der Waals surface area contributed by atoms with E-state index in [1.807, 2.05) is 43.3 Å². The highest BCUT2D eigenvalue weighted by molar-refractivity contribution is 6.37. The number of likely N-dealkylation sites (tertiary alicyclic amines) is 1. The van der Waals surface area contributed by atoms with Crippen molar-refractivity contribution in [2.24, 2.45) is 5.16 Å². The van der Waals surface area contributed by atoms with Gasteiger partial charge >= 0.3 is 6.09 Å². The Morgan fingerprint density at radius 2 is 1.54 bits per heavy atom. The van der Waals surface area contributed by atoms with Crippen molar-refractivity contribution in [3.05, 3.63) is 81.3 Å². The maximum Gasteiger partial charge on any atom is 0.435 e. The number of aromatic nitrogens is 1. The lowest BCUT2D eigenvalue weighted by molar-refractivity contribution is 0.0981. The van der Waals surface area contributed by atoms with E-state index in [0.29, 0.717) is 40.0 Å². The van der Waals surface area contributed by atoms with Crippen LogP contribution in [0.1, 0.15) is 54.6 Å². The number of hydrogen-bond acceptors (Lipinski definition) is 4. The molecule has 0 bridgehead atoms. The fourth-order valence-corrected chi connectivity index (χ4v) is 5.43. The van der Waals surface area contributed by atoms with Gasteiger partial charge in [0.25, 0.3) is 0 Å². The monoisotopic (exact) mass is 535 g/mol. The molecule has 0 atom stereocenters. The number of nitrogens with zero attached hydrogens (tertiary/aromatic N) is 3. The summed E-state index contributed by atoms with van der Waals surface area (Å²) in [6.45, 7) is 6.10. The number of oxime groups is 1. The van der Waals surface area contributed by atoms with E-state index in [9.17, 15) is 9.59 Å². The second kappa shape index (κ2) is 10.6. The Morgan fingerprint density at radius 3 is 2.19 bits per heavy atom. The fourth-order valence-electron chi connectivity index (χ4n) is 4.93. The molecule has 6 nitrogen and oxygen atoms in total. The van der Waals surface area contributed by atoms with Crippen molar-refractivity contribution >= 4 is 62.6 Å². The summed E-state index contributed by atoms with van der Waals surface area (Å²) >= 11 is 12.3. The molecule has 2 heterocycles. The maximum atomic E-state index is 13.3. The van der Waals surface area contributed by atoms with Crippen molar-refractivity contribution < 1.29 is 14.4 Å². The van der Waals surface area contributed by atoms with Crippen LogP contribution >= 0.6 is 23.2 Å². The number of halogens is 2. The zero-order chi connectivity index (χ0) is 26.1. The van der Waals surface area contributed by atoms with E-state index in [4.69, 9.17) is 28.0 Å². The number of piperidine rings is 1. The molecular formula is C29H27Cl2N3O3. The van der Waals surface area contributed by atoms with Gasteiger partial charge < -0.3 is 9.47 Å². The molecule has 0 N–H and O–H groups in total. The normalized spacial score (nSPS) is 14.4. The molecule has 37 heavy (non-hydrogen) atoms. The van der Waals surface area contributed by atoms with E-state index in [1.165, 1.54) is 0 Å². The highest BCUT2D eigenvalue weighted by Crippen LogP contribution is 2.32. The summed E-state index contributed by atoms with van der Waals surface area (Å²) in [5.74, 6) is -0.167. The first kappa shape index (κ1) is 25.3. The standard InChI is InChI=1S/C29H27Cl2N3O3/c1-3-34-26-11-7-19(18(2)32-37-29(36)33-13-5-4-6-14-33)15-23(26)24-16-20(8-12-27(24)34)28(35)22-10-9-21(30)17-25(22)31/h7-12,15-17H,3-6,13-14H2,1-2H3/b32-18+. The average Bonchev–Trinajstić information content (AvgIpc) is 3.23. The number of carbonyl (C=O) groups excluding carboxylic acids is 2. The van der Waals surface area contributed by atoms with Gasteiger partial charge in [-0.25, -0.2) is 4.79 Å². The second-order valence-corrected chi connectivity index (χ2v) is 10.1. The predicted molar refractivity (Wildman–Crippen MR) is 149 cm³/mol. The number of carbonyl (C=O) groups is 2. The molecule has 1 fully saturated rings. The van der Waals surface area contributed by atoms with E-state index in [2.05, 4.69) is 16.6 Å². The Labute approximate surface area is 225 Å². The molecule has 0 spiro atoms. The molecule has 1 aromatic heterocycles. The molecule has 3 aromatic carbocycles. The number of hydrogen-bond donors (Lipinski definition) is 0. The Balaban J connectivity index is 1.51. The molecule has 1 saturated heterocycles. The van der Waals surface area contributed by atoms with Crippen molar-refractivity contribution in [3.8, 4) is 0 Å². The lowest BCUT2D eigenvalue weighted by Gasteiger charge is -2.24. The van der Waals surface area contributed by atoms with E-state index >= 15 is 0 Å². The highest BCUT2D eigenvalue weighted by Gasteiger charge is 2.19. The summed E-state index contributed by atoms with van der Waals surface area (Å²) in [5.41, 5.74) is 4.46. The molecule has 8 heteroatoms. The zero-order valence-corrected chi connectivity index (χ0v) is 22.3. The number of aryl methyl sites for hydroxylation is 1. The smallest absolute Gasteiger partial charge is 0.341 e. The second-order valence-electron chi connectivity index (χ2n) is 9.24. The number of ketones is 1. The van der Waals surface area contributed by atoms with Gasteiger partial charge in [-0.3, -0.25) is 9.63 Å². The summed E-state index contributed by atoms with van der Waals surface area (Å²) in [6.07, 6.45) is 2.71. The largest absolute Gasteiger partial charge is 0.435 e. The van der Waals surface area contributed by atoms with Crippen molar-refractivity contribution in [2.75, 3.05) is 13.1 Å². The van der Waals surface area contributed by atoms with Gasteiger partial charge in [-0.2, -0.15) is 0 Å². The van der Waals surface area contributed by atoms with Crippen LogP contribution in [-0.4, -0.2) is 40.1 Å². The van der Waals surface area contributed by atoms with Gasteiger partial charge in [-0.15, -0.1) is 0 Å². The molecule has 0 radical (unpaired) electrons. The van der Waals surface area contributed by atoms with E-state index < -0.39 is 6.09 Å². The summed E-state index contributed by atoms with van der Waals surface area (Å²) in [5, 5.41) is 6.87. The van der Waals surface area contributed by atoms with Gasteiger partial charge in [-0.1, -0.05) is 34.4 Å². The topological polar surface area (TPSA) is 63.9 Å². The Bertz CT molecular complexity index is 1550. The van der Waals surface area contributed by atoms with Crippen molar-refractivity contribution in [2.45, 2.75) is 39.7 Å². The summed E-state index contributed by atoms with van der Waals surface area (Å²) in [6, 6.07) is 16.6. The minimum absolute atomic E-state index is 0.167. The van der Waals surface area contributed by atoms with Crippen LogP contribution in [-0.2, 0) is 11.4 Å². The third kappa shape index (κ3) is 4.96. The Kier molecular flexibility index (Phi) is 7.22. The third-order valence-electron chi connectivity index (χ3n) is 6.91. The summed E-state index contributed by atoms with van der Waals surface area (Å²) < 4.78 is 2.21. The molecule has 1 aliphatic rings. The molecule has 0 saturated carbocycles. The van der Waals surface area contributed by atoms with Gasteiger partial charge in [0.15, 0.2) is 5.78 Å².